The monoisotopic (exact) mass is 227 g/mol. The first-order chi connectivity index (χ1) is 6.50. The molecule has 0 aliphatic rings. The van der Waals surface area contributed by atoms with Crippen LogP contribution < -0.4 is 5.73 Å². The van der Waals surface area contributed by atoms with Gasteiger partial charge in [0.15, 0.2) is 0 Å². The standard InChI is InChI=1S/C9H16F3NO2/c1-5(2)6(3)15-7(14)8(4,13)9(10,11)12/h5-6H,13H2,1-4H3. The lowest BCUT2D eigenvalue weighted by atomic mass is 10.0. The summed E-state index contributed by atoms with van der Waals surface area (Å²) in [5, 5.41) is 0. The van der Waals surface area contributed by atoms with Gasteiger partial charge in [0.25, 0.3) is 0 Å². The number of halogens is 3. The number of alkyl halides is 3. The summed E-state index contributed by atoms with van der Waals surface area (Å²) in [7, 11) is 0. The van der Waals surface area contributed by atoms with Crippen molar-refractivity contribution >= 4 is 5.97 Å². The lowest BCUT2D eigenvalue weighted by molar-refractivity contribution is -0.205. The van der Waals surface area contributed by atoms with Crippen molar-refractivity contribution in [2.45, 2.75) is 45.5 Å². The molecule has 0 heterocycles. The van der Waals surface area contributed by atoms with Crippen molar-refractivity contribution in [3.8, 4) is 0 Å². The van der Waals surface area contributed by atoms with Crippen LogP contribution in [0, 0.1) is 5.92 Å². The summed E-state index contributed by atoms with van der Waals surface area (Å²) < 4.78 is 41.5. The third kappa shape index (κ3) is 3.37. The molecule has 0 fully saturated rings. The van der Waals surface area contributed by atoms with E-state index in [4.69, 9.17) is 5.73 Å². The fourth-order valence-electron chi connectivity index (χ4n) is 0.543. The molecule has 90 valence electrons. The number of esters is 1. The van der Waals surface area contributed by atoms with Crippen LogP contribution in [-0.4, -0.2) is 23.8 Å². The molecule has 0 spiro atoms. The van der Waals surface area contributed by atoms with E-state index >= 15 is 0 Å². The van der Waals surface area contributed by atoms with Gasteiger partial charge in [-0.3, -0.25) is 0 Å². The van der Waals surface area contributed by atoms with Gasteiger partial charge in [0.2, 0.25) is 5.54 Å². The van der Waals surface area contributed by atoms with Gasteiger partial charge in [0.05, 0.1) is 0 Å². The van der Waals surface area contributed by atoms with Crippen LogP contribution in [0.2, 0.25) is 0 Å². The number of carbonyl (C=O) groups is 1. The maximum absolute atomic E-state index is 12.3. The van der Waals surface area contributed by atoms with Gasteiger partial charge >= 0.3 is 12.1 Å². The highest BCUT2D eigenvalue weighted by molar-refractivity contribution is 5.81. The average molecular weight is 227 g/mol. The number of hydrogen-bond donors (Lipinski definition) is 1. The highest BCUT2D eigenvalue weighted by Gasteiger charge is 2.55. The molecule has 0 rings (SSSR count). The molecule has 2 atom stereocenters. The maximum atomic E-state index is 12.3. The molecule has 0 aromatic heterocycles. The van der Waals surface area contributed by atoms with E-state index in [9.17, 15) is 18.0 Å². The Bertz CT molecular complexity index is 236. The summed E-state index contributed by atoms with van der Waals surface area (Å²) in [4.78, 5) is 11.2. The van der Waals surface area contributed by atoms with E-state index in [-0.39, 0.29) is 5.92 Å². The number of carbonyl (C=O) groups excluding carboxylic acids is 1. The van der Waals surface area contributed by atoms with Gasteiger partial charge in [-0.2, -0.15) is 13.2 Å². The molecule has 0 aliphatic heterocycles. The molecule has 6 heteroatoms. The minimum atomic E-state index is -4.80. The number of nitrogens with two attached hydrogens (primary N) is 1. The molecular formula is C9H16F3NO2. The van der Waals surface area contributed by atoms with Crippen molar-refractivity contribution < 1.29 is 22.7 Å². The normalized spacial score (nSPS) is 18.5. The first-order valence-electron chi connectivity index (χ1n) is 4.56. The van der Waals surface area contributed by atoms with Crippen LogP contribution in [0.15, 0.2) is 0 Å². The number of hydrogen-bond acceptors (Lipinski definition) is 3. The Balaban J connectivity index is 4.59. The van der Waals surface area contributed by atoms with Gasteiger partial charge in [-0.15, -0.1) is 0 Å². The first kappa shape index (κ1) is 14.2. The Morgan fingerprint density at radius 3 is 1.93 bits per heavy atom. The van der Waals surface area contributed by atoms with E-state index in [1.54, 1.807) is 13.8 Å². The van der Waals surface area contributed by atoms with E-state index in [2.05, 4.69) is 4.74 Å². The Kier molecular flexibility index (Phi) is 4.16. The third-order valence-corrected chi connectivity index (χ3v) is 2.24. The Morgan fingerprint density at radius 2 is 1.67 bits per heavy atom. The molecule has 0 bridgehead atoms. The van der Waals surface area contributed by atoms with Gasteiger partial charge < -0.3 is 10.5 Å². The predicted octanol–water partition coefficient (Wildman–Crippen LogP) is 1.85. The zero-order valence-corrected chi connectivity index (χ0v) is 9.18. The Morgan fingerprint density at radius 1 is 1.27 bits per heavy atom. The van der Waals surface area contributed by atoms with E-state index in [1.807, 2.05) is 0 Å². The van der Waals surface area contributed by atoms with E-state index in [0.717, 1.165) is 0 Å². The molecular weight excluding hydrogens is 211 g/mol. The largest absolute Gasteiger partial charge is 0.461 e. The summed E-state index contributed by atoms with van der Waals surface area (Å²) in [6, 6.07) is 0. The van der Waals surface area contributed by atoms with Crippen molar-refractivity contribution in [3.05, 3.63) is 0 Å². The zero-order valence-electron chi connectivity index (χ0n) is 9.18. The quantitative estimate of drug-likeness (QED) is 0.748. The summed E-state index contributed by atoms with van der Waals surface area (Å²) >= 11 is 0. The van der Waals surface area contributed by atoms with Crippen LogP contribution in [0.1, 0.15) is 27.7 Å². The first-order valence-corrected chi connectivity index (χ1v) is 4.56. The van der Waals surface area contributed by atoms with Crippen molar-refractivity contribution in [1.29, 1.82) is 0 Å². The van der Waals surface area contributed by atoms with Crippen molar-refractivity contribution in [2.24, 2.45) is 11.7 Å². The maximum Gasteiger partial charge on any atom is 0.416 e. The molecule has 0 amide bonds. The number of rotatable bonds is 3. The molecule has 0 radical (unpaired) electrons. The smallest absolute Gasteiger partial charge is 0.416 e. The van der Waals surface area contributed by atoms with Crippen LogP contribution in [0.25, 0.3) is 0 Å². The zero-order chi connectivity index (χ0) is 12.4. The predicted molar refractivity (Wildman–Crippen MR) is 49.0 cm³/mol. The Labute approximate surface area is 86.8 Å². The fraction of sp³-hybridized carbons (Fsp3) is 0.889. The molecule has 2 N–H and O–H groups in total. The summed E-state index contributed by atoms with van der Waals surface area (Å²) in [5.74, 6) is -1.51. The molecule has 2 unspecified atom stereocenters. The fourth-order valence-corrected chi connectivity index (χ4v) is 0.543. The lowest BCUT2D eigenvalue weighted by Gasteiger charge is -2.27. The second-order valence-corrected chi connectivity index (χ2v) is 4.05. The van der Waals surface area contributed by atoms with Crippen molar-refractivity contribution in [1.82, 2.24) is 0 Å². The molecule has 0 saturated carbocycles. The minimum absolute atomic E-state index is 0.0574. The van der Waals surface area contributed by atoms with Crippen LogP contribution in [0.4, 0.5) is 13.2 Å². The molecule has 15 heavy (non-hydrogen) atoms. The SMILES string of the molecule is CC(C)C(C)OC(=O)C(C)(N)C(F)(F)F. The molecule has 3 nitrogen and oxygen atoms in total. The summed E-state index contributed by atoms with van der Waals surface area (Å²) in [6.45, 7) is 5.59. The van der Waals surface area contributed by atoms with Crippen LogP contribution >= 0.6 is 0 Å². The molecule has 0 saturated heterocycles. The van der Waals surface area contributed by atoms with Crippen LogP contribution in [0.3, 0.4) is 0 Å². The third-order valence-electron chi connectivity index (χ3n) is 2.24. The van der Waals surface area contributed by atoms with Crippen molar-refractivity contribution in [2.75, 3.05) is 0 Å². The average Bonchev–Trinajstić information content (AvgIpc) is 2.01. The van der Waals surface area contributed by atoms with E-state index in [1.165, 1.54) is 6.92 Å². The van der Waals surface area contributed by atoms with E-state index in [0.29, 0.717) is 6.92 Å². The molecule has 0 aromatic carbocycles. The van der Waals surface area contributed by atoms with Gasteiger partial charge in [-0.1, -0.05) is 13.8 Å². The second kappa shape index (κ2) is 4.38. The Hall–Kier alpha value is -0.780. The number of ether oxygens (including phenoxy) is 1. The van der Waals surface area contributed by atoms with Crippen LogP contribution in [0.5, 0.6) is 0 Å². The van der Waals surface area contributed by atoms with Gasteiger partial charge in [0.1, 0.15) is 6.10 Å². The second-order valence-electron chi connectivity index (χ2n) is 4.05. The highest BCUT2D eigenvalue weighted by atomic mass is 19.4. The molecule has 0 aromatic rings. The van der Waals surface area contributed by atoms with Crippen molar-refractivity contribution in [3.63, 3.8) is 0 Å². The highest BCUT2D eigenvalue weighted by Crippen LogP contribution is 2.29. The topological polar surface area (TPSA) is 52.3 Å². The summed E-state index contributed by atoms with van der Waals surface area (Å²) in [5.41, 5.74) is 1.94. The van der Waals surface area contributed by atoms with E-state index < -0.39 is 23.8 Å². The van der Waals surface area contributed by atoms with Gasteiger partial charge in [0, 0.05) is 0 Å². The van der Waals surface area contributed by atoms with Crippen LogP contribution in [-0.2, 0) is 9.53 Å². The van der Waals surface area contributed by atoms with Gasteiger partial charge in [-0.05, 0) is 19.8 Å². The molecule has 0 aliphatic carbocycles. The lowest BCUT2D eigenvalue weighted by Crippen LogP contribution is -2.58. The minimum Gasteiger partial charge on any atom is -0.461 e. The summed E-state index contributed by atoms with van der Waals surface area (Å²) in [6.07, 6.45) is -5.40. The van der Waals surface area contributed by atoms with Gasteiger partial charge in [-0.25, -0.2) is 4.79 Å².